The van der Waals surface area contributed by atoms with E-state index >= 15 is 0 Å². The number of likely N-dealkylation sites (tertiary alicyclic amines) is 1. The summed E-state index contributed by atoms with van der Waals surface area (Å²) in [5.41, 5.74) is 5.86. The van der Waals surface area contributed by atoms with Gasteiger partial charge in [-0.15, -0.1) is 0 Å². The van der Waals surface area contributed by atoms with E-state index < -0.39 is 5.60 Å². The van der Waals surface area contributed by atoms with Crippen molar-refractivity contribution >= 4 is 6.09 Å². The first-order chi connectivity index (χ1) is 9.16. The summed E-state index contributed by atoms with van der Waals surface area (Å²) in [6.07, 6.45) is 2.01. The smallest absolute Gasteiger partial charge is 0.410 e. The summed E-state index contributed by atoms with van der Waals surface area (Å²) in [5.74, 6) is 2.13. The first-order valence-corrected chi connectivity index (χ1v) is 7.85. The second kappa shape index (κ2) is 5.21. The van der Waals surface area contributed by atoms with Crippen LogP contribution in [0.4, 0.5) is 4.79 Å². The number of rotatable bonds is 2. The van der Waals surface area contributed by atoms with Crippen molar-refractivity contribution in [2.75, 3.05) is 19.6 Å². The first-order valence-electron chi connectivity index (χ1n) is 7.85. The third kappa shape index (κ3) is 3.11. The lowest BCUT2D eigenvalue weighted by Crippen LogP contribution is -2.42. The maximum absolute atomic E-state index is 12.0. The van der Waals surface area contributed by atoms with Gasteiger partial charge >= 0.3 is 6.09 Å². The minimum absolute atomic E-state index is 0.165. The molecule has 0 bridgehead atoms. The van der Waals surface area contributed by atoms with E-state index in [-0.39, 0.29) is 6.09 Å². The zero-order valence-electron chi connectivity index (χ0n) is 13.6. The molecule has 1 saturated carbocycles. The molecule has 0 aromatic rings. The van der Waals surface area contributed by atoms with Crippen LogP contribution in [0.2, 0.25) is 0 Å². The first kappa shape index (κ1) is 15.6. The van der Waals surface area contributed by atoms with E-state index in [0.29, 0.717) is 11.3 Å². The van der Waals surface area contributed by atoms with Crippen molar-refractivity contribution in [1.29, 1.82) is 0 Å². The molecule has 0 aromatic heterocycles. The SMILES string of the molecule is CC(C)(C)OC(=O)N1CCC([C@H]2[C@H](CN)C2(C)C)CC1. The normalized spacial score (nSPS) is 30.2. The minimum atomic E-state index is -0.406. The Morgan fingerprint density at radius 1 is 1.30 bits per heavy atom. The molecule has 1 amide bonds. The molecule has 0 radical (unpaired) electrons. The van der Waals surface area contributed by atoms with Crippen LogP contribution in [0, 0.1) is 23.2 Å². The highest BCUT2D eigenvalue weighted by Crippen LogP contribution is 2.62. The van der Waals surface area contributed by atoms with Crippen molar-refractivity contribution in [3.05, 3.63) is 0 Å². The molecular formula is C16H30N2O2. The Morgan fingerprint density at radius 3 is 2.25 bits per heavy atom. The Hall–Kier alpha value is -0.770. The molecule has 1 heterocycles. The molecule has 0 spiro atoms. The molecule has 2 aliphatic rings. The summed E-state index contributed by atoms with van der Waals surface area (Å²) < 4.78 is 5.44. The van der Waals surface area contributed by atoms with Gasteiger partial charge in [0.05, 0.1) is 0 Å². The van der Waals surface area contributed by atoms with Crippen LogP contribution in [0.25, 0.3) is 0 Å². The van der Waals surface area contributed by atoms with Gasteiger partial charge in [0.1, 0.15) is 5.60 Å². The molecule has 2 atom stereocenters. The summed E-state index contributed by atoms with van der Waals surface area (Å²) in [6.45, 7) is 12.8. The molecule has 2 fully saturated rings. The van der Waals surface area contributed by atoms with E-state index in [1.807, 2.05) is 25.7 Å². The fraction of sp³-hybridized carbons (Fsp3) is 0.938. The molecule has 1 saturated heterocycles. The molecule has 20 heavy (non-hydrogen) atoms. The van der Waals surface area contributed by atoms with Crippen LogP contribution in [0.3, 0.4) is 0 Å². The third-order valence-corrected chi connectivity index (χ3v) is 5.09. The van der Waals surface area contributed by atoms with Gasteiger partial charge in [-0.1, -0.05) is 13.8 Å². The summed E-state index contributed by atoms with van der Waals surface area (Å²) >= 11 is 0. The number of ether oxygens (including phenoxy) is 1. The van der Waals surface area contributed by atoms with Crippen molar-refractivity contribution in [3.8, 4) is 0 Å². The van der Waals surface area contributed by atoms with Gasteiger partial charge in [0.2, 0.25) is 0 Å². The number of hydrogen-bond acceptors (Lipinski definition) is 3. The van der Waals surface area contributed by atoms with Crippen molar-refractivity contribution in [3.63, 3.8) is 0 Å². The van der Waals surface area contributed by atoms with E-state index in [1.54, 1.807) is 0 Å². The van der Waals surface area contributed by atoms with Gasteiger partial charge in [0, 0.05) is 13.1 Å². The second-order valence-electron chi connectivity index (χ2n) is 7.99. The number of nitrogens with two attached hydrogens (primary N) is 1. The Bertz CT molecular complexity index is 365. The monoisotopic (exact) mass is 282 g/mol. The highest BCUT2D eigenvalue weighted by atomic mass is 16.6. The highest BCUT2D eigenvalue weighted by Gasteiger charge is 2.59. The number of carbonyl (C=O) groups is 1. The molecular weight excluding hydrogens is 252 g/mol. The van der Waals surface area contributed by atoms with Gasteiger partial charge in [-0.3, -0.25) is 0 Å². The van der Waals surface area contributed by atoms with Crippen molar-refractivity contribution < 1.29 is 9.53 Å². The minimum Gasteiger partial charge on any atom is -0.444 e. The summed E-state index contributed by atoms with van der Waals surface area (Å²) in [5, 5.41) is 0. The predicted octanol–water partition coefficient (Wildman–Crippen LogP) is 2.86. The predicted molar refractivity (Wildman–Crippen MR) is 80.3 cm³/mol. The molecule has 2 N–H and O–H groups in total. The highest BCUT2D eigenvalue weighted by molar-refractivity contribution is 5.68. The van der Waals surface area contributed by atoms with Crippen LogP contribution in [-0.2, 0) is 4.74 Å². The van der Waals surface area contributed by atoms with Gasteiger partial charge < -0.3 is 15.4 Å². The molecule has 2 rings (SSSR count). The summed E-state index contributed by atoms with van der Waals surface area (Å²) in [6, 6.07) is 0. The zero-order valence-corrected chi connectivity index (χ0v) is 13.6. The number of hydrogen-bond donors (Lipinski definition) is 1. The number of amides is 1. The van der Waals surface area contributed by atoms with Crippen LogP contribution < -0.4 is 5.73 Å². The van der Waals surface area contributed by atoms with Gasteiger partial charge in [0.25, 0.3) is 0 Å². The molecule has 0 unspecified atom stereocenters. The zero-order chi connectivity index (χ0) is 15.1. The van der Waals surface area contributed by atoms with Crippen LogP contribution >= 0.6 is 0 Å². The topological polar surface area (TPSA) is 55.6 Å². The fourth-order valence-corrected chi connectivity index (χ4v) is 3.94. The van der Waals surface area contributed by atoms with Gasteiger partial charge in [-0.05, 0) is 63.3 Å². The van der Waals surface area contributed by atoms with Crippen molar-refractivity contribution in [2.24, 2.45) is 28.9 Å². The number of nitrogens with zero attached hydrogens (tertiary/aromatic N) is 1. The van der Waals surface area contributed by atoms with Crippen LogP contribution in [0.1, 0.15) is 47.5 Å². The number of carbonyl (C=O) groups excluding carboxylic acids is 1. The molecule has 116 valence electrons. The lowest BCUT2D eigenvalue weighted by atomic mass is 9.88. The molecule has 4 heteroatoms. The quantitative estimate of drug-likeness (QED) is 0.847. The van der Waals surface area contributed by atoms with Crippen molar-refractivity contribution in [1.82, 2.24) is 4.90 Å². The molecule has 1 aliphatic heterocycles. The fourth-order valence-electron chi connectivity index (χ4n) is 3.94. The van der Waals surface area contributed by atoms with Gasteiger partial charge in [-0.25, -0.2) is 4.79 Å². The maximum atomic E-state index is 12.0. The van der Waals surface area contributed by atoms with E-state index in [0.717, 1.165) is 44.3 Å². The Labute approximate surface area is 123 Å². The van der Waals surface area contributed by atoms with E-state index in [1.165, 1.54) is 0 Å². The van der Waals surface area contributed by atoms with Gasteiger partial charge in [0.15, 0.2) is 0 Å². The third-order valence-electron chi connectivity index (χ3n) is 5.09. The number of piperidine rings is 1. The Balaban J connectivity index is 1.83. The molecule has 0 aromatic carbocycles. The second-order valence-corrected chi connectivity index (χ2v) is 7.99. The lowest BCUT2D eigenvalue weighted by molar-refractivity contribution is 0.0170. The van der Waals surface area contributed by atoms with E-state index in [4.69, 9.17) is 10.5 Å². The average Bonchev–Trinajstić information content (AvgIpc) is 2.89. The summed E-state index contributed by atoms with van der Waals surface area (Å²) in [4.78, 5) is 13.9. The molecule has 4 nitrogen and oxygen atoms in total. The van der Waals surface area contributed by atoms with Crippen LogP contribution in [0.15, 0.2) is 0 Å². The van der Waals surface area contributed by atoms with Gasteiger partial charge in [-0.2, -0.15) is 0 Å². The van der Waals surface area contributed by atoms with Crippen LogP contribution in [-0.4, -0.2) is 36.2 Å². The van der Waals surface area contributed by atoms with E-state index in [9.17, 15) is 4.79 Å². The Kier molecular flexibility index (Phi) is 4.07. The largest absolute Gasteiger partial charge is 0.444 e. The maximum Gasteiger partial charge on any atom is 0.410 e. The van der Waals surface area contributed by atoms with Crippen molar-refractivity contribution in [2.45, 2.75) is 53.1 Å². The lowest BCUT2D eigenvalue weighted by Gasteiger charge is -2.34. The van der Waals surface area contributed by atoms with Crippen LogP contribution in [0.5, 0.6) is 0 Å². The average molecular weight is 282 g/mol. The molecule has 1 aliphatic carbocycles. The van der Waals surface area contributed by atoms with E-state index in [2.05, 4.69) is 13.8 Å². The Morgan fingerprint density at radius 2 is 1.85 bits per heavy atom. The summed E-state index contributed by atoms with van der Waals surface area (Å²) in [7, 11) is 0. The standard InChI is InChI=1S/C16H30N2O2/c1-15(2,3)20-14(19)18-8-6-11(7-9-18)13-12(10-17)16(13,4)5/h11-13H,6-10,17H2,1-5H3/t12-,13-/m0/s1.